The van der Waals surface area contributed by atoms with E-state index < -0.39 is 17.7 Å². The summed E-state index contributed by atoms with van der Waals surface area (Å²) in [5.41, 5.74) is 6.36. The zero-order valence-corrected chi connectivity index (χ0v) is 17.5. The first-order valence-electron chi connectivity index (χ1n) is 10.3. The van der Waals surface area contributed by atoms with Gasteiger partial charge < -0.3 is 15.4 Å². The Hall–Kier alpha value is -1.92. The molecule has 0 saturated carbocycles. The summed E-state index contributed by atoms with van der Waals surface area (Å²) in [7, 11) is 0. The topological polar surface area (TPSA) is 75.9 Å². The second kappa shape index (κ2) is 10.6. The summed E-state index contributed by atoms with van der Waals surface area (Å²) >= 11 is 0. The van der Waals surface area contributed by atoms with Crippen LogP contribution in [0.25, 0.3) is 0 Å². The highest BCUT2D eigenvalue weighted by Gasteiger charge is 2.30. The smallest absolute Gasteiger partial charge is 0.417 e. The molecule has 1 aliphatic heterocycles. The molecule has 2 amide bonds. The van der Waals surface area contributed by atoms with Crippen LogP contribution in [0.15, 0.2) is 30.3 Å². The van der Waals surface area contributed by atoms with Crippen molar-refractivity contribution in [2.24, 2.45) is 5.73 Å². The summed E-state index contributed by atoms with van der Waals surface area (Å²) in [5.74, 6) is -0.378. The summed E-state index contributed by atoms with van der Waals surface area (Å²) in [6, 6.07) is 8.72. The van der Waals surface area contributed by atoms with Crippen molar-refractivity contribution in [2.75, 3.05) is 19.6 Å². The maximum atomic E-state index is 12.9. The molecule has 2 rings (SSSR count). The largest absolute Gasteiger partial charge is 0.443 e. The molecular weight excluding hydrogens is 354 g/mol. The number of benzene rings is 1. The molecule has 0 bridgehead atoms. The Balaban J connectivity index is 1.96. The Morgan fingerprint density at radius 2 is 1.79 bits per heavy atom. The fraction of sp³-hybridized carbons (Fsp3) is 0.636. The van der Waals surface area contributed by atoms with Crippen LogP contribution in [0, 0.1) is 0 Å². The third-order valence-corrected chi connectivity index (χ3v) is 4.82. The van der Waals surface area contributed by atoms with Crippen LogP contribution in [-0.2, 0) is 16.1 Å². The van der Waals surface area contributed by atoms with E-state index in [4.69, 9.17) is 10.5 Å². The number of ether oxygens (including phenoxy) is 1. The molecule has 1 aliphatic rings. The van der Waals surface area contributed by atoms with Gasteiger partial charge in [-0.25, -0.2) is 9.69 Å². The Morgan fingerprint density at radius 3 is 2.39 bits per heavy atom. The first-order chi connectivity index (χ1) is 13.3. The van der Waals surface area contributed by atoms with E-state index in [2.05, 4.69) is 4.90 Å². The molecule has 0 unspecified atom stereocenters. The zero-order valence-electron chi connectivity index (χ0n) is 17.5. The fourth-order valence-electron chi connectivity index (χ4n) is 3.36. The Kier molecular flexibility index (Phi) is 8.45. The lowest BCUT2D eigenvalue weighted by atomic mass is 10.1. The van der Waals surface area contributed by atoms with Gasteiger partial charge in [-0.15, -0.1) is 0 Å². The Bertz CT molecular complexity index is 622. The van der Waals surface area contributed by atoms with Gasteiger partial charge in [-0.05, 0) is 71.7 Å². The Labute approximate surface area is 169 Å². The van der Waals surface area contributed by atoms with Gasteiger partial charge in [-0.1, -0.05) is 36.8 Å². The lowest BCUT2D eigenvalue weighted by molar-refractivity contribution is -0.132. The standard InChI is InChI=1S/C22H35N3O3/c1-22(2,3)28-21(27)25(17-18-11-6-4-7-12-18)20(26)19(23)13-10-16-24-14-8-5-9-15-24/h4,6-7,11-12,19H,5,8-10,13-17,23H2,1-3H3/t19-/m0/s1. The van der Waals surface area contributed by atoms with E-state index in [9.17, 15) is 9.59 Å². The van der Waals surface area contributed by atoms with Crippen LogP contribution in [-0.4, -0.2) is 53.1 Å². The molecule has 0 aromatic heterocycles. The van der Waals surface area contributed by atoms with Crippen molar-refractivity contribution in [3.05, 3.63) is 35.9 Å². The van der Waals surface area contributed by atoms with Crippen molar-refractivity contribution in [3.8, 4) is 0 Å². The molecule has 1 heterocycles. The fourth-order valence-corrected chi connectivity index (χ4v) is 3.36. The minimum atomic E-state index is -0.707. The molecule has 156 valence electrons. The number of hydrogen-bond acceptors (Lipinski definition) is 5. The number of nitrogens with zero attached hydrogens (tertiary/aromatic N) is 2. The molecule has 0 aliphatic carbocycles. The van der Waals surface area contributed by atoms with Crippen molar-refractivity contribution >= 4 is 12.0 Å². The summed E-state index contributed by atoms with van der Waals surface area (Å²) < 4.78 is 5.45. The van der Waals surface area contributed by atoms with Crippen LogP contribution >= 0.6 is 0 Å². The normalized spacial score (nSPS) is 16.4. The van der Waals surface area contributed by atoms with Crippen LogP contribution in [0.1, 0.15) is 58.4 Å². The predicted octanol–water partition coefficient (Wildman–Crippen LogP) is 3.54. The molecule has 0 radical (unpaired) electrons. The van der Waals surface area contributed by atoms with E-state index in [1.807, 2.05) is 30.3 Å². The van der Waals surface area contributed by atoms with Crippen LogP contribution in [0.4, 0.5) is 4.79 Å². The zero-order chi connectivity index (χ0) is 20.6. The summed E-state index contributed by atoms with van der Waals surface area (Å²) in [6.45, 7) is 8.72. The lowest BCUT2D eigenvalue weighted by Crippen LogP contribution is -2.48. The molecule has 2 N–H and O–H groups in total. The van der Waals surface area contributed by atoms with Crippen molar-refractivity contribution < 1.29 is 14.3 Å². The molecule has 1 fully saturated rings. The van der Waals surface area contributed by atoms with E-state index in [0.717, 1.165) is 36.5 Å². The third-order valence-electron chi connectivity index (χ3n) is 4.82. The van der Waals surface area contributed by atoms with E-state index in [0.29, 0.717) is 6.42 Å². The van der Waals surface area contributed by atoms with Gasteiger partial charge in [-0.2, -0.15) is 0 Å². The number of carbonyl (C=O) groups excluding carboxylic acids is 2. The summed E-state index contributed by atoms with van der Waals surface area (Å²) in [6.07, 6.45) is 4.55. The van der Waals surface area contributed by atoms with Crippen molar-refractivity contribution in [1.29, 1.82) is 0 Å². The van der Waals surface area contributed by atoms with Crippen molar-refractivity contribution in [3.63, 3.8) is 0 Å². The van der Waals surface area contributed by atoms with Gasteiger partial charge in [0.2, 0.25) is 5.91 Å². The predicted molar refractivity (Wildman–Crippen MR) is 111 cm³/mol. The van der Waals surface area contributed by atoms with Gasteiger partial charge in [-0.3, -0.25) is 4.79 Å². The number of carbonyl (C=O) groups is 2. The number of hydrogen-bond donors (Lipinski definition) is 1. The molecule has 1 aromatic rings. The molecule has 6 heteroatoms. The highest BCUT2D eigenvalue weighted by molar-refractivity contribution is 5.95. The number of imide groups is 1. The van der Waals surface area contributed by atoms with E-state index in [-0.39, 0.29) is 12.5 Å². The first kappa shape index (κ1) is 22.4. The van der Waals surface area contributed by atoms with Gasteiger partial charge >= 0.3 is 6.09 Å². The van der Waals surface area contributed by atoms with E-state index >= 15 is 0 Å². The van der Waals surface area contributed by atoms with E-state index in [1.54, 1.807) is 20.8 Å². The van der Waals surface area contributed by atoms with E-state index in [1.165, 1.54) is 19.3 Å². The van der Waals surface area contributed by atoms with Crippen LogP contribution in [0.5, 0.6) is 0 Å². The lowest BCUT2D eigenvalue weighted by Gasteiger charge is -2.29. The number of rotatable bonds is 7. The molecule has 28 heavy (non-hydrogen) atoms. The van der Waals surface area contributed by atoms with Gasteiger partial charge in [0, 0.05) is 0 Å². The first-order valence-corrected chi connectivity index (χ1v) is 10.3. The maximum Gasteiger partial charge on any atom is 0.417 e. The third kappa shape index (κ3) is 7.60. The highest BCUT2D eigenvalue weighted by Crippen LogP contribution is 2.15. The van der Waals surface area contributed by atoms with Crippen LogP contribution in [0.2, 0.25) is 0 Å². The molecular formula is C22H35N3O3. The molecule has 1 atom stereocenters. The van der Waals surface area contributed by atoms with Gasteiger partial charge in [0.15, 0.2) is 0 Å². The molecule has 1 saturated heterocycles. The Morgan fingerprint density at radius 1 is 1.14 bits per heavy atom. The molecule has 1 aromatic carbocycles. The summed E-state index contributed by atoms with van der Waals surface area (Å²) in [5, 5.41) is 0. The van der Waals surface area contributed by atoms with Crippen molar-refractivity contribution in [2.45, 2.75) is 71.1 Å². The second-order valence-electron chi connectivity index (χ2n) is 8.54. The molecule has 0 spiro atoms. The minimum Gasteiger partial charge on any atom is -0.443 e. The van der Waals surface area contributed by atoms with Gasteiger partial charge in [0.1, 0.15) is 5.60 Å². The minimum absolute atomic E-state index is 0.161. The van der Waals surface area contributed by atoms with Gasteiger partial charge in [0.05, 0.1) is 12.6 Å². The van der Waals surface area contributed by atoms with Crippen LogP contribution in [0.3, 0.4) is 0 Å². The average molecular weight is 390 g/mol. The molecule has 6 nitrogen and oxygen atoms in total. The van der Waals surface area contributed by atoms with Crippen molar-refractivity contribution in [1.82, 2.24) is 9.80 Å². The number of amides is 2. The summed E-state index contributed by atoms with van der Waals surface area (Å²) in [4.78, 5) is 29.2. The monoisotopic (exact) mass is 389 g/mol. The second-order valence-corrected chi connectivity index (χ2v) is 8.54. The number of nitrogens with two attached hydrogens (primary N) is 1. The highest BCUT2D eigenvalue weighted by atomic mass is 16.6. The SMILES string of the molecule is CC(C)(C)OC(=O)N(Cc1ccccc1)C(=O)[C@@H](N)CCCN1CCCCC1. The maximum absolute atomic E-state index is 12.9. The van der Waals surface area contributed by atoms with Crippen LogP contribution < -0.4 is 5.73 Å². The van der Waals surface area contributed by atoms with Gasteiger partial charge in [0.25, 0.3) is 0 Å². The quantitative estimate of drug-likeness (QED) is 0.772. The number of piperidine rings is 1. The number of likely N-dealkylation sites (tertiary alicyclic amines) is 1. The average Bonchev–Trinajstić information content (AvgIpc) is 2.65.